The highest BCUT2D eigenvalue weighted by molar-refractivity contribution is 5.77. The lowest BCUT2D eigenvalue weighted by Crippen LogP contribution is -2.33. The topological polar surface area (TPSA) is 72.9 Å². The number of hydrogen-bond acceptors (Lipinski definition) is 3. The van der Waals surface area contributed by atoms with Crippen LogP contribution in [0.2, 0.25) is 0 Å². The number of carbonyl (C=O) groups excluding carboxylic acids is 1. The number of rotatable bonds is 6. The second-order valence-corrected chi connectivity index (χ2v) is 4.85. The van der Waals surface area contributed by atoms with Gasteiger partial charge in [0.2, 0.25) is 5.91 Å². The fourth-order valence-electron chi connectivity index (χ4n) is 2.03. The van der Waals surface area contributed by atoms with Gasteiger partial charge in [0.05, 0.1) is 12.2 Å². The normalized spacial score (nSPS) is 14.3. The van der Waals surface area contributed by atoms with Crippen LogP contribution in [0.25, 0.3) is 0 Å². The Kier molecular flexibility index (Phi) is 5.34. The van der Waals surface area contributed by atoms with Gasteiger partial charge >= 0.3 is 0 Å². The van der Waals surface area contributed by atoms with Gasteiger partial charge in [-0.2, -0.15) is 5.10 Å². The Morgan fingerprint density at radius 2 is 2.28 bits per heavy atom. The highest BCUT2D eigenvalue weighted by Crippen LogP contribution is 2.16. The fourth-order valence-corrected chi connectivity index (χ4v) is 2.03. The minimum Gasteiger partial charge on any atom is -0.349 e. The molecule has 0 saturated heterocycles. The molecule has 102 valence electrons. The lowest BCUT2D eigenvalue weighted by Gasteiger charge is -2.16. The van der Waals surface area contributed by atoms with Gasteiger partial charge in [0.1, 0.15) is 0 Å². The number of hydrogen-bond donors (Lipinski definition) is 2. The van der Waals surface area contributed by atoms with E-state index in [0.717, 1.165) is 24.1 Å². The molecule has 0 aliphatic rings. The lowest BCUT2D eigenvalue weighted by atomic mass is 10.1. The van der Waals surface area contributed by atoms with Crippen molar-refractivity contribution in [1.29, 1.82) is 0 Å². The van der Waals surface area contributed by atoms with E-state index in [4.69, 9.17) is 5.73 Å². The summed E-state index contributed by atoms with van der Waals surface area (Å²) in [6.07, 6.45) is 4.07. The molecule has 1 amide bonds. The highest BCUT2D eigenvalue weighted by atomic mass is 16.1. The van der Waals surface area contributed by atoms with Crippen LogP contribution < -0.4 is 11.1 Å². The van der Waals surface area contributed by atoms with Crippen LogP contribution in [0.1, 0.15) is 50.4 Å². The van der Waals surface area contributed by atoms with Crippen LogP contribution in [-0.4, -0.2) is 21.7 Å². The van der Waals surface area contributed by atoms with Gasteiger partial charge in [-0.3, -0.25) is 9.48 Å². The van der Waals surface area contributed by atoms with Gasteiger partial charge in [-0.25, -0.2) is 0 Å². The lowest BCUT2D eigenvalue weighted by molar-refractivity contribution is -0.122. The van der Waals surface area contributed by atoms with Crippen molar-refractivity contribution < 1.29 is 4.79 Å². The summed E-state index contributed by atoms with van der Waals surface area (Å²) in [5, 5.41) is 7.14. The molecule has 0 aliphatic carbocycles. The average Bonchev–Trinajstić information content (AvgIpc) is 2.59. The summed E-state index contributed by atoms with van der Waals surface area (Å²) in [5.41, 5.74) is 7.98. The molecule has 2 unspecified atom stereocenters. The van der Waals surface area contributed by atoms with Crippen LogP contribution in [0.4, 0.5) is 0 Å². The molecule has 5 heteroatoms. The Labute approximate surface area is 109 Å². The molecule has 1 aromatic heterocycles. The zero-order valence-corrected chi connectivity index (χ0v) is 11.7. The molecule has 0 bridgehead atoms. The van der Waals surface area contributed by atoms with Crippen molar-refractivity contribution in [3.63, 3.8) is 0 Å². The number of nitrogens with two attached hydrogens (primary N) is 1. The first-order valence-corrected chi connectivity index (χ1v) is 6.49. The summed E-state index contributed by atoms with van der Waals surface area (Å²) in [5.74, 6) is 0.00621. The van der Waals surface area contributed by atoms with E-state index in [1.165, 1.54) is 0 Å². The summed E-state index contributed by atoms with van der Waals surface area (Å²) in [6.45, 7) is 6.03. The maximum absolute atomic E-state index is 11.8. The Balaban J connectivity index is 2.52. The average molecular weight is 252 g/mol. The van der Waals surface area contributed by atoms with E-state index in [2.05, 4.69) is 17.3 Å². The summed E-state index contributed by atoms with van der Waals surface area (Å²) in [7, 11) is 1.89. The molecular formula is C13H24N4O. The second kappa shape index (κ2) is 6.54. The van der Waals surface area contributed by atoms with Gasteiger partial charge < -0.3 is 11.1 Å². The fraction of sp³-hybridized carbons (Fsp3) is 0.692. The van der Waals surface area contributed by atoms with Gasteiger partial charge in [0.25, 0.3) is 0 Å². The van der Waals surface area contributed by atoms with E-state index in [9.17, 15) is 4.79 Å². The maximum atomic E-state index is 11.8. The number of aromatic nitrogens is 2. The van der Waals surface area contributed by atoms with Crippen LogP contribution in [0, 0.1) is 6.92 Å². The van der Waals surface area contributed by atoms with Crippen molar-refractivity contribution in [3.05, 3.63) is 17.5 Å². The summed E-state index contributed by atoms with van der Waals surface area (Å²) in [4.78, 5) is 11.8. The second-order valence-electron chi connectivity index (χ2n) is 4.85. The zero-order valence-electron chi connectivity index (χ0n) is 11.7. The number of carbonyl (C=O) groups is 1. The Morgan fingerprint density at radius 1 is 1.61 bits per heavy atom. The van der Waals surface area contributed by atoms with E-state index in [-0.39, 0.29) is 18.0 Å². The molecule has 0 saturated carbocycles. The first-order chi connectivity index (χ1) is 8.45. The van der Waals surface area contributed by atoms with Crippen LogP contribution >= 0.6 is 0 Å². The van der Waals surface area contributed by atoms with Crippen molar-refractivity contribution in [2.75, 3.05) is 0 Å². The molecule has 2 atom stereocenters. The molecule has 1 aromatic rings. The third-order valence-electron chi connectivity index (χ3n) is 3.22. The standard InChI is InChI=1S/C13H24N4O/c1-5-6-11(14)7-13(18)16-9(2)12-8-15-17(4)10(12)3/h8-9,11H,5-7,14H2,1-4H3,(H,16,18). The first kappa shape index (κ1) is 14.7. The Morgan fingerprint density at radius 3 is 2.78 bits per heavy atom. The molecule has 0 aliphatic heterocycles. The van der Waals surface area contributed by atoms with Crippen LogP contribution in [0.15, 0.2) is 6.20 Å². The molecule has 0 spiro atoms. The van der Waals surface area contributed by atoms with Gasteiger partial charge in [-0.1, -0.05) is 13.3 Å². The molecule has 3 N–H and O–H groups in total. The largest absolute Gasteiger partial charge is 0.349 e. The Bertz CT molecular complexity index is 400. The zero-order chi connectivity index (χ0) is 13.7. The first-order valence-electron chi connectivity index (χ1n) is 6.49. The van der Waals surface area contributed by atoms with Crippen LogP contribution in [-0.2, 0) is 11.8 Å². The number of nitrogens with one attached hydrogen (secondary N) is 1. The summed E-state index contributed by atoms with van der Waals surface area (Å²) >= 11 is 0. The monoisotopic (exact) mass is 252 g/mol. The van der Waals surface area contributed by atoms with Crippen LogP contribution in [0.5, 0.6) is 0 Å². The van der Waals surface area contributed by atoms with E-state index >= 15 is 0 Å². The van der Waals surface area contributed by atoms with E-state index in [1.54, 1.807) is 10.9 Å². The Hall–Kier alpha value is -1.36. The third-order valence-corrected chi connectivity index (χ3v) is 3.22. The molecule has 1 heterocycles. The predicted octanol–water partition coefficient (Wildman–Crippen LogP) is 1.42. The van der Waals surface area contributed by atoms with Crippen LogP contribution in [0.3, 0.4) is 0 Å². The molecule has 5 nitrogen and oxygen atoms in total. The third kappa shape index (κ3) is 3.84. The summed E-state index contributed by atoms with van der Waals surface area (Å²) < 4.78 is 1.81. The molecule has 1 rings (SSSR count). The minimum absolute atomic E-state index is 0.00621. The number of nitrogens with zero attached hydrogens (tertiary/aromatic N) is 2. The predicted molar refractivity (Wildman–Crippen MR) is 72.0 cm³/mol. The van der Waals surface area contributed by atoms with Gasteiger partial charge in [-0.05, 0) is 20.3 Å². The summed E-state index contributed by atoms with van der Waals surface area (Å²) in [6, 6.07) is -0.0720. The number of amides is 1. The van der Waals surface area contributed by atoms with Crippen molar-refractivity contribution in [3.8, 4) is 0 Å². The SMILES string of the molecule is CCCC(N)CC(=O)NC(C)c1cnn(C)c1C. The molecule has 0 aromatic carbocycles. The van der Waals surface area contributed by atoms with E-state index < -0.39 is 0 Å². The van der Waals surface area contributed by atoms with Gasteiger partial charge in [0.15, 0.2) is 0 Å². The molecule has 0 fully saturated rings. The molecule has 0 radical (unpaired) electrons. The van der Waals surface area contributed by atoms with Gasteiger partial charge in [-0.15, -0.1) is 0 Å². The van der Waals surface area contributed by atoms with E-state index in [0.29, 0.717) is 6.42 Å². The quantitative estimate of drug-likeness (QED) is 0.804. The van der Waals surface area contributed by atoms with E-state index in [1.807, 2.05) is 20.9 Å². The van der Waals surface area contributed by atoms with Crippen molar-refractivity contribution in [2.45, 2.75) is 52.1 Å². The van der Waals surface area contributed by atoms with Gasteiger partial charge in [0, 0.05) is 30.8 Å². The molecular weight excluding hydrogens is 228 g/mol. The minimum atomic E-state index is -0.0443. The van der Waals surface area contributed by atoms with Crippen molar-refractivity contribution >= 4 is 5.91 Å². The smallest absolute Gasteiger partial charge is 0.222 e. The number of aryl methyl sites for hydroxylation is 1. The highest BCUT2D eigenvalue weighted by Gasteiger charge is 2.16. The maximum Gasteiger partial charge on any atom is 0.222 e. The van der Waals surface area contributed by atoms with Crippen molar-refractivity contribution in [2.24, 2.45) is 12.8 Å². The van der Waals surface area contributed by atoms with Crippen molar-refractivity contribution in [1.82, 2.24) is 15.1 Å². The molecule has 18 heavy (non-hydrogen) atoms.